The van der Waals surface area contributed by atoms with Crippen LogP contribution in [0.25, 0.3) is 0 Å². The summed E-state index contributed by atoms with van der Waals surface area (Å²) in [5.41, 5.74) is 1.38. The standard InChI is InChI=1S/C11H18N2O3/c1-8(10(14)15)13-11(16)12-7-6-9-4-2-3-5-9/h4,8H,2-3,5-7H2,1H3,(H,14,15)(H2,12,13,16). The molecule has 0 saturated carbocycles. The molecule has 2 amide bonds. The maximum Gasteiger partial charge on any atom is 0.325 e. The molecule has 0 fully saturated rings. The molecule has 1 aliphatic carbocycles. The highest BCUT2D eigenvalue weighted by Gasteiger charge is 2.13. The molecule has 3 N–H and O–H groups in total. The van der Waals surface area contributed by atoms with Gasteiger partial charge in [-0.2, -0.15) is 0 Å². The van der Waals surface area contributed by atoms with Gasteiger partial charge in [-0.25, -0.2) is 4.79 Å². The van der Waals surface area contributed by atoms with Crippen molar-refractivity contribution in [2.45, 2.75) is 38.6 Å². The van der Waals surface area contributed by atoms with Gasteiger partial charge in [-0.1, -0.05) is 11.6 Å². The highest BCUT2D eigenvalue weighted by molar-refractivity contribution is 5.82. The minimum atomic E-state index is -1.03. The first-order valence-electron chi connectivity index (χ1n) is 5.54. The third kappa shape index (κ3) is 4.33. The van der Waals surface area contributed by atoms with Crippen LogP contribution in [0.5, 0.6) is 0 Å². The van der Waals surface area contributed by atoms with Crippen molar-refractivity contribution in [2.75, 3.05) is 6.54 Å². The Kier molecular flexibility index (Phi) is 4.82. The van der Waals surface area contributed by atoms with E-state index < -0.39 is 18.0 Å². The molecule has 5 nitrogen and oxygen atoms in total. The van der Waals surface area contributed by atoms with Crippen molar-refractivity contribution in [3.63, 3.8) is 0 Å². The zero-order valence-electron chi connectivity index (χ0n) is 9.45. The Labute approximate surface area is 94.9 Å². The second-order valence-corrected chi connectivity index (χ2v) is 3.96. The summed E-state index contributed by atoms with van der Waals surface area (Å²) >= 11 is 0. The van der Waals surface area contributed by atoms with Crippen LogP contribution in [0.3, 0.4) is 0 Å². The molecular formula is C11H18N2O3. The van der Waals surface area contributed by atoms with E-state index in [0.717, 1.165) is 19.3 Å². The third-order valence-corrected chi connectivity index (χ3v) is 2.58. The molecule has 16 heavy (non-hydrogen) atoms. The summed E-state index contributed by atoms with van der Waals surface area (Å²) in [6, 6.07) is -1.28. The molecule has 0 saturated heterocycles. The first-order chi connectivity index (χ1) is 7.59. The molecule has 0 aromatic heterocycles. The van der Waals surface area contributed by atoms with Gasteiger partial charge in [0.05, 0.1) is 0 Å². The second-order valence-electron chi connectivity index (χ2n) is 3.96. The molecule has 5 heteroatoms. The molecule has 0 heterocycles. The summed E-state index contributed by atoms with van der Waals surface area (Å²) in [6.07, 6.45) is 6.53. The summed E-state index contributed by atoms with van der Waals surface area (Å²) in [7, 11) is 0. The van der Waals surface area contributed by atoms with Crippen LogP contribution >= 0.6 is 0 Å². The van der Waals surface area contributed by atoms with Gasteiger partial charge in [0, 0.05) is 6.54 Å². The average molecular weight is 226 g/mol. The summed E-state index contributed by atoms with van der Waals surface area (Å²) in [6.45, 7) is 1.99. The Bertz CT molecular complexity index is 300. The maximum atomic E-state index is 11.2. The van der Waals surface area contributed by atoms with E-state index >= 15 is 0 Å². The van der Waals surface area contributed by atoms with Crippen molar-refractivity contribution in [3.8, 4) is 0 Å². The molecular weight excluding hydrogens is 208 g/mol. The van der Waals surface area contributed by atoms with Gasteiger partial charge in [-0.15, -0.1) is 0 Å². The van der Waals surface area contributed by atoms with Gasteiger partial charge in [0.15, 0.2) is 0 Å². The Balaban J connectivity index is 2.12. The summed E-state index contributed by atoms with van der Waals surface area (Å²) in [5, 5.41) is 13.6. The van der Waals surface area contributed by atoms with Crippen LogP contribution in [-0.2, 0) is 4.79 Å². The predicted molar refractivity (Wildman–Crippen MR) is 60.2 cm³/mol. The van der Waals surface area contributed by atoms with Crippen LogP contribution in [0.2, 0.25) is 0 Å². The molecule has 0 radical (unpaired) electrons. The van der Waals surface area contributed by atoms with Crippen LogP contribution in [0.1, 0.15) is 32.6 Å². The monoisotopic (exact) mass is 226 g/mol. The van der Waals surface area contributed by atoms with Gasteiger partial charge in [-0.05, 0) is 32.6 Å². The quantitative estimate of drug-likeness (QED) is 0.617. The minimum absolute atomic E-state index is 0.423. The fourth-order valence-electron chi connectivity index (χ4n) is 1.61. The van der Waals surface area contributed by atoms with Crippen LogP contribution in [0.15, 0.2) is 11.6 Å². The van der Waals surface area contributed by atoms with Crippen molar-refractivity contribution < 1.29 is 14.7 Å². The van der Waals surface area contributed by atoms with E-state index in [0.29, 0.717) is 6.54 Å². The number of hydrogen-bond acceptors (Lipinski definition) is 2. The highest BCUT2D eigenvalue weighted by Crippen LogP contribution is 2.19. The number of nitrogens with one attached hydrogen (secondary N) is 2. The van der Waals surface area contributed by atoms with Gasteiger partial charge < -0.3 is 15.7 Å². The molecule has 1 atom stereocenters. The number of rotatable bonds is 5. The van der Waals surface area contributed by atoms with E-state index in [4.69, 9.17) is 5.11 Å². The lowest BCUT2D eigenvalue weighted by Gasteiger charge is -2.10. The minimum Gasteiger partial charge on any atom is -0.480 e. The number of aliphatic carboxylic acids is 1. The lowest BCUT2D eigenvalue weighted by molar-refractivity contribution is -0.138. The van der Waals surface area contributed by atoms with Gasteiger partial charge in [0.2, 0.25) is 0 Å². The van der Waals surface area contributed by atoms with Gasteiger partial charge in [0.25, 0.3) is 0 Å². The van der Waals surface area contributed by atoms with E-state index in [-0.39, 0.29) is 0 Å². The van der Waals surface area contributed by atoms with Crippen molar-refractivity contribution in [1.82, 2.24) is 10.6 Å². The predicted octanol–water partition coefficient (Wildman–Crippen LogP) is 1.26. The number of hydrogen-bond donors (Lipinski definition) is 3. The summed E-state index contributed by atoms with van der Waals surface area (Å²) in [5.74, 6) is -1.03. The van der Waals surface area contributed by atoms with Crippen LogP contribution in [0, 0.1) is 0 Å². The highest BCUT2D eigenvalue weighted by atomic mass is 16.4. The summed E-state index contributed by atoms with van der Waals surface area (Å²) in [4.78, 5) is 21.7. The first-order valence-corrected chi connectivity index (χ1v) is 5.54. The molecule has 0 bridgehead atoms. The van der Waals surface area contributed by atoms with Crippen LogP contribution in [0.4, 0.5) is 4.79 Å². The Morgan fingerprint density at radius 3 is 2.88 bits per heavy atom. The lowest BCUT2D eigenvalue weighted by Crippen LogP contribution is -2.44. The first kappa shape index (κ1) is 12.5. The largest absolute Gasteiger partial charge is 0.480 e. The fourth-order valence-corrected chi connectivity index (χ4v) is 1.61. The Morgan fingerprint density at radius 1 is 1.56 bits per heavy atom. The topological polar surface area (TPSA) is 78.4 Å². The van der Waals surface area contributed by atoms with Gasteiger partial charge >= 0.3 is 12.0 Å². The van der Waals surface area contributed by atoms with Crippen LogP contribution in [-0.4, -0.2) is 29.7 Å². The smallest absolute Gasteiger partial charge is 0.325 e. The normalized spacial score (nSPS) is 16.4. The molecule has 0 aromatic rings. The van der Waals surface area contributed by atoms with Crippen LogP contribution < -0.4 is 10.6 Å². The SMILES string of the molecule is CC(NC(=O)NCCC1=CCCC1)C(=O)O. The van der Waals surface area contributed by atoms with E-state index in [1.54, 1.807) is 0 Å². The van der Waals surface area contributed by atoms with E-state index in [1.807, 2.05) is 0 Å². The summed E-state index contributed by atoms with van der Waals surface area (Å²) < 4.78 is 0. The Hall–Kier alpha value is -1.52. The van der Waals surface area contributed by atoms with Crippen molar-refractivity contribution in [1.29, 1.82) is 0 Å². The maximum absolute atomic E-state index is 11.2. The number of urea groups is 1. The molecule has 1 rings (SSSR count). The molecule has 1 aliphatic rings. The fraction of sp³-hybridized carbons (Fsp3) is 0.636. The van der Waals surface area contributed by atoms with Crippen molar-refractivity contribution >= 4 is 12.0 Å². The number of carboxylic acid groups (broad SMARTS) is 1. The number of amides is 2. The van der Waals surface area contributed by atoms with E-state index in [9.17, 15) is 9.59 Å². The number of allylic oxidation sites excluding steroid dienone is 1. The third-order valence-electron chi connectivity index (χ3n) is 2.58. The molecule has 0 aromatic carbocycles. The van der Waals surface area contributed by atoms with E-state index in [2.05, 4.69) is 16.7 Å². The number of carbonyl (C=O) groups excluding carboxylic acids is 1. The van der Waals surface area contributed by atoms with Gasteiger partial charge in [-0.3, -0.25) is 4.79 Å². The lowest BCUT2D eigenvalue weighted by atomic mass is 10.2. The molecule has 1 unspecified atom stereocenters. The Morgan fingerprint density at radius 2 is 2.31 bits per heavy atom. The van der Waals surface area contributed by atoms with Gasteiger partial charge in [0.1, 0.15) is 6.04 Å². The number of carboxylic acids is 1. The van der Waals surface area contributed by atoms with E-state index in [1.165, 1.54) is 18.9 Å². The zero-order valence-corrected chi connectivity index (χ0v) is 9.45. The number of carbonyl (C=O) groups is 2. The van der Waals surface area contributed by atoms with Crippen molar-refractivity contribution in [3.05, 3.63) is 11.6 Å². The average Bonchev–Trinajstić information content (AvgIpc) is 2.70. The van der Waals surface area contributed by atoms with Crippen molar-refractivity contribution in [2.24, 2.45) is 0 Å². The zero-order chi connectivity index (χ0) is 12.0. The molecule has 0 spiro atoms. The molecule has 90 valence electrons. The molecule has 0 aliphatic heterocycles. The second kappa shape index (κ2) is 6.15.